The molecule has 1 fully saturated rings. The van der Waals surface area contributed by atoms with E-state index in [4.69, 9.17) is 11.6 Å². The number of aliphatic hydroxyl groups is 1. The lowest BCUT2D eigenvalue weighted by Gasteiger charge is -2.36. The first-order valence-electron chi connectivity index (χ1n) is 7.89. The molecule has 3 nitrogen and oxygen atoms in total. The summed E-state index contributed by atoms with van der Waals surface area (Å²) in [6.45, 7) is 9.99. The second kappa shape index (κ2) is 7.48. The number of piperidine rings is 1. The second-order valence-electron chi connectivity index (χ2n) is 6.59. The lowest BCUT2D eigenvalue weighted by molar-refractivity contribution is 0.103. The number of hydrogen-bond donors (Lipinski definition) is 2. The highest BCUT2D eigenvalue weighted by molar-refractivity contribution is 6.33. The monoisotopic (exact) mass is 310 g/mol. The fraction of sp³-hybridized carbons (Fsp3) is 0.647. The van der Waals surface area contributed by atoms with Gasteiger partial charge in [-0.15, -0.1) is 0 Å². The molecule has 0 spiro atoms. The van der Waals surface area contributed by atoms with Crippen LogP contribution in [-0.2, 0) is 6.54 Å². The van der Waals surface area contributed by atoms with E-state index in [-0.39, 0.29) is 6.10 Å². The minimum absolute atomic E-state index is 0.262. The molecule has 2 unspecified atom stereocenters. The van der Waals surface area contributed by atoms with Crippen LogP contribution in [0.5, 0.6) is 0 Å². The summed E-state index contributed by atoms with van der Waals surface area (Å²) >= 11 is 6.44. The van der Waals surface area contributed by atoms with Crippen LogP contribution in [0.4, 0.5) is 5.69 Å². The molecule has 1 aliphatic rings. The van der Waals surface area contributed by atoms with Crippen LogP contribution in [0, 0.1) is 11.8 Å². The summed E-state index contributed by atoms with van der Waals surface area (Å²) in [6, 6.07) is 6.24. The van der Waals surface area contributed by atoms with Gasteiger partial charge in [0.2, 0.25) is 0 Å². The minimum Gasteiger partial charge on any atom is -0.391 e. The summed E-state index contributed by atoms with van der Waals surface area (Å²) < 4.78 is 0. The Kier molecular flexibility index (Phi) is 5.91. The van der Waals surface area contributed by atoms with Gasteiger partial charge >= 0.3 is 0 Å². The van der Waals surface area contributed by atoms with Gasteiger partial charge in [0.05, 0.1) is 16.8 Å². The predicted octanol–water partition coefficient (Wildman–Crippen LogP) is 3.29. The Morgan fingerprint density at radius 2 is 2.19 bits per heavy atom. The van der Waals surface area contributed by atoms with Gasteiger partial charge in [0.1, 0.15) is 0 Å². The van der Waals surface area contributed by atoms with Crippen molar-refractivity contribution in [3.05, 3.63) is 28.8 Å². The molecule has 1 heterocycles. The summed E-state index contributed by atoms with van der Waals surface area (Å²) in [7, 11) is 0. The van der Waals surface area contributed by atoms with Gasteiger partial charge in [0, 0.05) is 19.6 Å². The highest BCUT2D eigenvalue weighted by atomic mass is 35.5. The second-order valence-corrected chi connectivity index (χ2v) is 7.00. The molecule has 0 aromatic heterocycles. The Bertz CT molecular complexity index is 464. The SMILES string of the molecule is CC(C)CNCc1ccc(N2CCC(C)C(O)C2)c(Cl)c1. The van der Waals surface area contributed by atoms with E-state index in [1.165, 1.54) is 5.56 Å². The molecule has 2 N–H and O–H groups in total. The Morgan fingerprint density at radius 3 is 2.81 bits per heavy atom. The third-order valence-corrected chi connectivity index (χ3v) is 4.46. The number of nitrogens with one attached hydrogen (secondary N) is 1. The molecule has 2 atom stereocenters. The molecule has 0 saturated carbocycles. The average Bonchev–Trinajstić information content (AvgIpc) is 2.42. The van der Waals surface area contributed by atoms with Gasteiger partial charge in [0.15, 0.2) is 0 Å². The summed E-state index contributed by atoms with van der Waals surface area (Å²) in [5.74, 6) is 1.02. The van der Waals surface area contributed by atoms with Gasteiger partial charge in [-0.3, -0.25) is 0 Å². The van der Waals surface area contributed by atoms with Crippen LogP contribution in [0.1, 0.15) is 32.8 Å². The van der Waals surface area contributed by atoms with Crippen LogP contribution < -0.4 is 10.2 Å². The van der Waals surface area contributed by atoms with Crippen LogP contribution in [0.15, 0.2) is 18.2 Å². The molecule has 4 heteroatoms. The Balaban J connectivity index is 1.99. The molecule has 1 aliphatic heterocycles. The predicted molar refractivity (Wildman–Crippen MR) is 90.0 cm³/mol. The van der Waals surface area contributed by atoms with Crippen molar-refractivity contribution in [1.29, 1.82) is 0 Å². The van der Waals surface area contributed by atoms with E-state index in [1.54, 1.807) is 0 Å². The van der Waals surface area contributed by atoms with Crippen molar-refractivity contribution in [3.63, 3.8) is 0 Å². The average molecular weight is 311 g/mol. The van der Waals surface area contributed by atoms with E-state index >= 15 is 0 Å². The van der Waals surface area contributed by atoms with Crippen molar-refractivity contribution in [2.75, 3.05) is 24.5 Å². The van der Waals surface area contributed by atoms with Gasteiger partial charge in [-0.05, 0) is 42.5 Å². The Hall–Kier alpha value is -0.770. The summed E-state index contributed by atoms with van der Waals surface area (Å²) in [5.41, 5.74) is 2.24. The van der Waals surface area contributed by atoms with Crippen molar-refractivity contribution in [3.8, 4) is 0 Å². The zero-order valence-electron chi connectivity index (χ0n) is 13.3. The highest BCUT2D eigenvalue weighted by Crippen LogP contribution is 2.30. The number of anilines is 1. The number of halogens is 1. The quantitative estimate of drug-likeness (QED) is 0.876. The first kappa shape index (κ1) is 16.6. The molecule has 21 heavy (non-hydrogen) atoms. The molecule has 0 bridgehead atoms. The van der Waals surface area contributed by atoms with E-state index in [2.05, 4.69) is 43.1 Å². The van der Waals surface area contributed by atoms with Crippen LogP contribution in [0.2, 0.25) is 5.02 Å². The smallest absolute Gasteiger partial charge is 0.0741 e. The van der Waals surface area contributed by atoms with Crippen molar-refractivity contribution >= 4 is 17.3 Å². The van der Waals surface area contributed by atoms with Crippen LogP contribution in [0.3, 0.4) is 0 Å². The number of benzene rings is 1. The van der Waals surface area contributed by atoms with Gasteiger partial charge in [0.25, 0.3) is 0 Å². The number of nitrogens with zero attached hydrogens (tertiary/aromatic N) is 1. The normalized spacial score (nSPS) is 22.9. The van der Waals surface area contributed by atoms with Crippen molar-refractivity contribution < 1.29 is 5.11 Å². The third kappa shape index (κ3) is 4.60. The molecule has 118 valence electrons. The lowest BCUT2D eigenvalue weighted by Crippen LogP contribution is -2.43. The minimum atomic E-state index is -0.262. The topological polar surface area (TPSA) is 35.5 Å². The largest absolute Gasteiger partial charge is 0.391 e. The molecule has 1 aromatic rings. The maximum Gasteiger partial charge on any atom is 0.0741 e. The van der Waals surface area contributed by atoms with Gasteiger partial charge in [-0.25, -0.2) is 0 Å². The van der Waals surface area contributed by atoms with Gasteiger partial charge in [-0.2, -0.15) is 0 Å². The fourth-order valence-electron chi connectivity index (χ4n) is 2.69. The van der Waals surface area contributed by atoms with E-state index in [1.807, 2.05) is 6.07 Å². The van der Waals surface area contributed by atoms with Crippen molar-refractivity contribution in [1.82, 2.24) is 5.32 Å². The fourth-order valence-corrected chi connectivity index (χ4v) is 3.01. The maximum atomic E-state index is 10.0. The maximum absolute atomic E-state index is 10.0. The molecular formula is C17H27ClN2O. The molecule has 1 saturated heterocycles. The summed E-state index contributed by atoms with van der Waals surface area (Å²) in [6.07, 6.45) is 0.747. The molecule has 0 amide bonds. The van der Waals surface area contributed by atoms with E-state index in [9.17, 15) is 5.11 Å². The third-order valence-electron chi connectivity index (χ3n) is 4.15. The Morgan fingerprint density at radius 1 is 1.43 bits per heavy atom. The lowest BCUT2D eigenvalue weighted by atomic mass is 9.95. The van der Waals surface area contributed by atoms with E-state index in [0.29, 0.717) is 18.4 Å². The molecule has 0 radical (unpaired) electrons. The Labute approximate surface area is 133 Å². The first-order chi connectivity index (χ1) is 9.97. The summed E-state index contributed by atoms with van der Waals surface area (Å²) in [5, 5.41) is 14.2. The molecule has 1 aromatic carbocycles. The van der Waals surface area contributed by atoms with Gasteiger partial charge < -0.3 is 15.3 Å². The molecule has 0 aliphatic carbocycles. The zero-order valence-corrected chi connectivity index (χ0v) is 14.0. The van der Waals surface area contributed by atoms with Crippen LogP contribution >= 0.6 is 11.6 Å². The zero-order chi connectivity index (χ0) is 15.4. The van der Waals surface area contributed by atoms with Crippen LogP contribution in [-0.4, -0.2) is 30.8 Å². The molecular weight excluding hydrogens is 284 g/mol. The standard InChI is InChI=1S/C17H27ClN2O/c1-12(2)9-19-10-14-4-5-16(15(18)8-14)20-7-6-13(3)17(21)11-20/h4-5,8,12-13,17,19,21H,6-7,9-11H2,1-3H3. The van der Waals surface area contributed by atoms with Crippen molar-refractivity contribution in [2.24, 2.45) is 11.8 Å². The number of rotatable bonds is 5. The highest BCUT2D eigenvalue weighted by Gasteiger charge is 2.25. The van der Waals surface area contributed by atoms with Crippen LogP contribution in [0.25, 0.3) is 0 Å². The van der Waals surface area contributed by atoms with E-state index in [0.717, 1.165) is 36.8 Å². The first-order valence-corrected chi connectivity index (χ1v) is 8.27. The molecule has 2 rings (SSSR count). The van der Waals surface area contributed by atoms with Crippen molar-refractivity contribution in [2.45, 2.75) is 39.8 Å². The van der Waals surface area contributed by atoms with E-state index < -0.39 is 0 Å². The van der Waals surface area contributed by atoms with Gasteiger partial charge in [-0.1, -0.05) is 38.4 Å². The number of β-amino-alcohol motifs (C(OH)–C–C–N with tert-alkyl or cyclic N) is 1. The number of hydrogen-bond acceptors (Lipinski definition) is 3. The summed E-state index contributed by atoms with van der Waals surface area (Å²) in [4.78, 5) is 2.19. The number of aliphatic hydroxyl groups excluding tert-OH is 1.